The van der Waals surface area contributed by atoms with E-state index in [0.29, 0.717) is 31.9 Å². The number of nitrogens with one attached hydrogen (secondary N) is 1. The number of amides is 1. The zero-order valence-corrected chi connectivity index (χ0v) is 19.5. The van der Waals surface area contributed by atoms with E-state index >= 15 is 0 Å². The minimum Gasteiger partial charge on any atom is -0.312 e. The highest BCUT2D eigenvalue weighted by Gasteiger charge is 2.20. The SMILES string of the molecule is CC(C=C(C#N)c1nc(-c2cccs2)c(NC(=O)c2ccc(Cl)cc2)s1)c1ccccc1. The molecule has 1 amide bonds. The molecule has 4 nitrogen and oxygen atoms in total. The van der Waals surface area contributed by atoms with Crippen LogP contribution in [0.5, 0.6) is 0 Å². The summed E-state index contributed by atoms with van der Waals surface area (Å²) in [7, 11) is 0. The summed E-state index contributed by atoms with van der Waals surface area (Å²) in [5, 5.41) is 16.5. The maximum atomic E-state index is 12.8. The number of aromatic nitrogens is 1. The third-order valence-corrected chi connectivity index (χ3v) is 6.94. The molecule has 0 bridgehead atoms. The van der Waals surface area contributed by atoms with E-state index in [2.05, 4.69) is 11.4 Å². The second-order valence-electron chi connectivity index (χ2n) is 7.03. The predicted octanol–water partition coefficient (Wildman–Crippen LogP) is 7.49. The quantitative estimate of drug-likeness (QED) is 0.294. The fourth-order valence-corrected chi connectivity index (χ4v) is 5.00. The van der Waals surface area contributed by atoms with Crippen LogP contribution in [-0.4, -0.2) is 10.9 Å². The lowest BCUT2D eigenvalue weighted by atomic mass is 9.99. The van der Waals surface area contributed by atoms with Gasteiger partial charge < -0.3 is 5.32 Å². The Morgan fingerprint density at radius 1 is 1.12 bits per heavy atom. The second-order valence-corrected chi connectivity index (χ2v) is 9.41. The van der Waals surface area contributed by atoms with Crippen LogP contribution < -0.4 is 5.32 Å². The fourth-order valence-electron chi connectivity index (χ4n) is 3.14. The average molecular weight is 476 g/mol. The molecule has 7 heteroatoms. The molecule has 1 unspecified atom stereocenters. The van der Waals surface area contributed by atoms with Crippen molar-refractivity contribution >= 4 is 50.8 Å². The van der Waals surface area contributed by atoms with Gasteiger partial charge in [0.15, 0.2) is 0 Å². The monoisotopic (exact) mass is 475 g/mol. The van der Waals surface area contributed by atoms with Crippen molar-refractivity contribution in [2.75, 3.05) is 5.32 Å². The van der Waals surface area contributed by atoms with Gasteiger partial charge in [0.2, 0.25) is 0 Å². The van der Waals surface area contributed by atoms with Crippen molar-refractivity contribution in [3.8, 4) is 16.6 Å². The van der Waals surface area contributed by atoms with Gasteiger partial charge in [-0.2, -0.15) is 5.26 Å². The first kappa shape index (κ1) is 22.0. The minimum atomic E-state index is -0.255. The number of carbonyl (C=O) groups is 1. The van der Waals surface area contributed by atoms with Gasteiger partial charge in [0.25, 0.3) is 5.91 Å². The van der Waals surface area contributed by atoms with Crippen molar-refractivity contribution < 1.29 is 4.79 Å². The lowest BCUT2D eigenvalue weighted by Crippen LogP contribution is -2.11. The molecule has 0 saturated carbocycles. The van der Waals surface area contributed by atoms with Crippen molar-refractivity contribution in [3.05, 3.63) is 99.3 Å². The summed E-state index contributed by atoms with van der Waals surface area (Å²) in [5.74, 6) is -0.207. The Hall–Kier alpha value is -3.24. The van der Waals surface area contributed by atoms with E-state index in [1.54, 1.807) is 24.3 Å². The lowest BCUT2D eigenvalue weighted by molar-refractivity contribution is 0.102. The number of nitrogens with zero attached hydrogens (tertiary/aromatic N) is 2. The zero-order chi connectivity index (χ0) is 22.5. The van der Waals surface area contributed by atoms with Crippen LogP contribution in [0.4, 0.5) is 5.00 Å². The first-order valence-electron chi connectivity index (χ1n) is 9.84. The van der Waals surface area contributed by atoms with Gasteiger partial charge in [-0.25, -0.2) is 4.98 Å². The summed E-state index contributed by atoms with van der Waals surface area (Å²) in [6, 6.07) is 22.9. The van der Waals surface area contributed by atoms with Crippen molar-refractivity contribution in [1.29, 1.82) is 5.26 Å². The summed E-state index contributed by atoms with van der Waals surface area (Å²) < 4.78 is 0. The molecule has 2 aromatic carbocycles. The number of carbonyl (C=O) groups excluding carboxylic acids is 1. The van der Waals surface area contributed by atoms with Crippen molar-refractivity contribution in [2.45, 2.75) is 12.8 Å². The maximum absolute atomic E-state index is 12.8. The minimum absolute atomic E-state index is 0.0482. The smallest absolute Gasteiger partial charge is 0.256 e. The summed E-state index contributed by atoms with van der Waals surface area (Å²) in [6.07, 6.45) is 1.91. The van der Waals surface area contributed by atoms with Gasteiger partial charge >= 0.3 is 0 Å². The van der Waals surface area contributed by atoms with E-state index in [4.69, 9.17) is 16.6 Å². The third kappa shape index (κ3) is 4.97. The van der Waals surface area contributed by atoms with Crippen LogP contribution >= 0.6 is 34.3 Å². The number of nitriles is 1. The van der Waals surface area contributed by atoms with Gasteiger partial charge in [0.1, 0.15) is 21.8 Å². The number of allylic oxidation sites excluding steroid dienone is 2. The number of benzene rings is 2. The lowest BCUT2D eigenvalue weighted by Gasteiger charge is -2.06. The summed E-state index contributed by atoms with van der Waals surface area (Å²) in [5.41, 5.74) is 2.76. The van der Waals surface area contributed by atoms with E-state index in [0.717, 1.165) is 10.4 Å². The largest absolute Gasteiger partial charge is 0.312 e. The summed E-state index contributed by atoms with van der Waals surface area (Å²) in [6.45, 7) is 2.05. The molecule has 0 fully saturated rings. The normalized spacial score (nSPS) is 12.2. The number of halogens is 1. The van der Waals surface area contributed by atoms with E-state index in [1.807, 2.05) is 60.8 Å². The average Bonchev–Trinajstić information content (AvgIpc) is 3.48. The molecular weight excluding hydrogens is 458 g/mol. The molecule has 0 aliphatic heterocycles. The van der Waals surface area contributed by atoms with E-state index in [9.17, 15) is 10.1 Å². The molecule has 1 N–H and O–H groups in total. The Labute approximate surface area is 199 Å². The summed E-state index contributed by atoms with van der Waals surface area (Å²) in [4.78, 5) is 18.5. The number of thiophene rings is 1. The highest BCUT2D eigenvalue weighted by atomic mass is 35.5. The highest BCUT2D eigenvalue weighted by Crippen LogP contribution is 2.39. The van der Waals surface area contributed by atoms with Crippen LogP contribution in [-0.2, 0) is 0 Å². The molecule has 2 aromatic heterocycles. The molecule has 0 spiro atoms. The maximum Gasteiger partial charge on any atom is 0.256 e. The van der Waals surface area contributed by atoms with Gasteiger partial charge in [-0.15, -0.1) is 11.3 Å². The topological polar surface area (TPSA) is 65.8 Å². The van der Waals surface area contributed by atoms with Crippen molar-refractivity contribution in [3.63, 3.8) is 0 Å². The molecule has 2 heterocycles. The molecule has 158 valence electrons. The number of rotatable bonds is 6. The van der Waals surface area contributed by atoms with E-state index < -0.39 is 0 Å². The van der Waals surface area contributed by atoms with Gasteiger partial charge in [0.05, 0.1) is 10.5 Å². The molecule has 4 aromatic rings. The van der Waals surface area contributed by atoms with E-state index in [1.165, 1.54) is 22.7 Å². The molecule has 32 heavy (non-hydrogen) atoms. The Balaban J connectivity index is 1.69. The fraction of sp³-hybridized carbons (Fsp3) is 0.0800. The first-order chi connectivity index (χ1) is 15.5. The van der Waals surface area contributed by atoms with Crippen LogP contribution in [0.3, 0.4) is 0 Å². The van der Waals surface area contributed by atoms with Crippen LogP contribution in [0.1, 0.15) is 33.8 Å². The molecule has 1 atom stereocenters. The van der Waals surface area contributed by atoms with Crippen LogP contribution in [0, 0.1) is 11.3 Å². The number of thiazole rings is 1. The van der Waals surface area contributed by atoms with E-state index in [-0.39, 0.29) is 11.8 Å². The number of anilines is 1. The van der Waals surface area contributed by atoms with Crippen molar-refractivity contribution in [2.24, 2.45) is 0 Å². The van der Waals surface area contributed by atoms with Crippen LogP contribution in [0.2, 0.25) is 5.02 Å². The van der Waals surface area contributed by atoms with Gasteiger partial charge in [-0.05, 0) is 41.3 Å². The Morgan fingerprint density at radius 3 is 2.53 bits per heavy atom. The molecule has 0 aliphatic rings. The van der Waals surface area contributed by atoms with Gasteiger partial charge in [0, 0.05) is 16.5 Å². The first-order valence-corrected chi connectivity index (χ1v) is 11.9. The predicted molar refractivity (Wildman–Crippen MR) is 133 cm³/mol. The third-order valence-electron chi connectivity index (χ3n) is 4.81. The van der Waals surface area contributed by atoms with Gasteiger partial charge in [-0.1, -0.05) is 72.3 Å². The molecule has 0 radical (unpaired) electrons. The zero-order valence-electron chi connectivity index (χ0n) is 17.1. The van der Waals surface area contributed by atoms with Crippen LogP contribution in [0.15, 0.2) is 78.2 Å². The summed E-state index contributed by atoms with van der Waals surface area (Å²) >= 11 is 8.77. The Kier molecular flexibility index (Phi) is 6.81. The molecule has 0 aliphatic carbocycles. The Morgan fingerprint density at radius 2 is 1.88 bits per heavy atom. The Bertz CT molecular complexity index is 1290. The van der Waals surface area contributed by atoms with Crippen molar-refractivity contribution in [1.82, 2.24) is 4.98 Å². The number of hydrogen-bond acceptors (Lipinski definition) is 5. The standard InChI is InChI=1S/C25H18ClN3OS2/c1-16(17-6-3-2-4-7-17)14-19(15-27)24-28-22(21-8-5-13-31-21)25(32-24)29-23(30)18-9-11-20(26)12-10-18/h2-14,16H,1H3,(H,29,30). The molecular formula is C25H18ClN3OS2. The van der Waals surface area contributed by atoms with Gasteiger partial charge in [-0.3, -0.25) is 4.79 Å². The van der Waals surface area contributed by atoms with Crippen LogP contribution in [0.25, 0.3) is 16.1 Å². The highest BCUT2D eigenvalue weighted by molar-refractivity contribution is 7.18. The molecule has 0 saturated heterocycles. The molecule has 4 rings (SSSR count). The second kappa shape index (κ2) is 9.92. The number of hydrogen-bond donors (Lipinski definition) is 1.